The summed E-state index contributed by atoms with van der Waals surface area (Å²) >= 11 is 0. The molecule has 0 spiro atoms. The smallest absolute Gasteiger partial charge is 0.407 e. The highest BCUT2D eigenvalue weighted by molar-refractivity contribution is 5.83. The van der Waals surface area contributed by atoms with Gasteiger partial charge in [0.1, 0.15) is 53.2 Å². The number of aryl methyl sites for hydroxylation is 3. The number of hydrogen-bond acceptors (Lipinski definition) is 22. The SMILES string of the molecule is CC(C)(C)OC(=O)NCCCN.Cc1ccc(C#Cc2ccc(CN3O[C@@H]([C@H](C)O)[C@@H](CO)[C@H]3C(=O)NCCCNC(=O)OC(C)(C)C)cc2)cc1.Cc1ccc(C#Cc2ccc(CN3O[C@@H]([C@H](C)O)[C@@H](CO)[C@H]3C(=O)NCCCNC(=O)OC(C)(C)C)cc2)cc1.Cc1ccc(C#Cc2ccc(CN3O[C@@H]([C@H](C)O)[C@H]4COC(=O)[C@H]43)cc2)cc1. The molecule has 4 aliphatic heterocycles. The fourth-order valence-electron chi connectivity index (χ4n) is 13.0. The fraction of sp³-hybridized carbons (Fsp3) is 0.484. The standard InChI is InChI=1S/2C31H41N3O6.C23H23NO4.C8H18N2O2/c2*1-21-7-9-23(10-8-21)11-12-24-13-15-25(16-14-24)19-34-27(26(20-35)28(40-34)22(2)36)29(37)32-17-6-18-33-30(38)39-31(3,4)5;1-15-3-5-17(6-4-15)7-8-18-9-11-19(12-10-18)13-24-21-20(14-27-23(21)26)22(28-24)16(2)25;1-8(2,3)12-7(11)10-6-4-5-9/h2*7-10,13-16,22,26-28,35-36H,6,17-20H2,1-5H3,(H,32,37)(H,33,38);3-6,9-12,16,20-22,25H,13-14H2,1-2H3;4-6,9H2,1-3H3,(H,10,11)/t2*22-,26-,27-,28-;16-,20-,21-,22-;/m000./s1. The summed E-state index contributed by atoms with van der Waals surface area (Å²) in [6, 6.07) is 45.3. The first-order valence-electron chi connectivity index (χ1n) is 40.8. The number of benzene rings is 6. The summed E-state index contributed by atoms with van der Waals surface area (Å²) in [6.45, 7) is 30.3. The Morgan fingerprint density at radius 3 is 0.967 bits per heavy atom. The molecule has 27 heteroatoms. The van der Waals surface area contributed by atoms with Crippen LogP contribution in [-0.4, -0.2) is 207 Å². The number of hydrogen-bond donors (Lipinski definition) is 11. The Balaban J connectivity index is 0.000000234. The van der Waals surface area contributed by atoms with Gasteiger partial charge in [-0.2, -0.15) is 15.2 Å². The number of nitrogens with zero attached hydrogens (tertiary/aromatic N) is 3. The second-order valence-corrected chi connectivity index (χ2v) is 33.1. The number of aliphatic hydroxyl groups is 5. The Morgan fingerprint density at radius 1 is 0.425 bits per heavy atom. The Labute approximate surface area is 706 Å². The van der Waals surface area contributed by atoms with Crippen LogP contribution in [-0.2, 0) is 67.5 Å². The van der Waals surface area contributed by atoms with Crippen LogP contribution in [0.3, 0.4) is 0 Å². The highest BCUT2D eigenvalue weighted by atomic mass is 16.7. The van der Waals surface area contributed by atoms with E-state index in [-0.39, 0.29) is 56.1 Å². The highest BCUT2D eigenvalue weighted by Crippen LogP contribution is 2.37. The van der Waals surface area contributed by atoms with Crippen LogP contribution in [0.5, 0.6) is 0 Å². The van der Waals surface area contributed by atoms with Crippen molar-refractivity contribution in [3.63, 3.8) is 0 Å². The van der Waals surface area contributed by atoms with Gasteiger partial charge in [-0.3, -0.25) is 28.9 Å². The summed E-state index contributed by atoms with van der Waals surface area (Å²) in [6.07, 6.45) is -3.94. The Bertz CT molecular complexity index is 4250. The van der Waals surface area contributed by atoms with E-state index in [9.17, 15) is 54.3 Å². The number of aliphatic hydroxyl groups excluding tert-OH is 5. The van der Waals surface area contributed by atoms with Crippen LogP contribution in [0.15, 0.2) is 146 Å². The van der Waals surface area contributed by atoms with Crippen LogP contribution < -0.4 is 32.3 Å². The van der Waals surface area contributed by atoms with Crippen LogP contribution >= 0.6 is 0 Å². The van der Waals surface area contributed by atoms with Gasteiger partial charge in [0.2, 0.25) is 11.8 Å². The predicted octanol–water partition coefficient (Wildman–Crippen LogP) is 9.09. The number of carbonyl (C=O) groups excluding carboxylic acids is 6. The topological polar surface area (TPSA) is 364 Å². The van der Waals surface area contributed by atoms with Crippen LogP contribution in [0.25, 0.3) is 0 Å². The van der Waals surface area contributed by atoms with Gasteiger partial charge in [-0.1, -0.05) is 125 Å². The van der Waals surface area contributed by atoms with Gasteiger partial charge in [0, 0.05) is 77.9 Å². The highest BCUT2D eigenvalue weighted by Gasteiger charge is 2.54. The molecule has 6 aromatic rings. The molecule has 120 heavy (non-hydrogen) atoms. The molecule has 648 valence electrons. The van der Waals surface area contributed by atoms with E-state index < -0.39 is 95.6 Å². The van der Waals surface area contributed by atoms with E-state index in [4.69, 9.17) is 39.2 Å². The maximum absolute atomic E-state index is 13.2. The molecule has 5 amide bonds. The second-order valence-electron chi connectivity index (χ2n) is 33.1. The van der Waals surface area contributed by atoms with Gasteiger partial charge >= 0.3 is 24.2 Å². The number of cyclic esters (lactones) is 1. The van der Waals surface area contributed by atoms with Crippen molar-refractivity contribution in [1.29, 1.82) is 0 Å². The number of nitrogens with one attached hydrogen (secondary N) is 5. The maximum atomic E-state index is 13.2. The van der Waals surface area contributed by atoms with Gasteiger partial charge < -0.3 is 76.8 Å². The number of ether oxygens (including phenoxy) is 4. The van der Waals surface area contributed by atoms with E-state index in [0.29, 0.717) is 65.3 Å². The van der Waals surface area contributed by atoms with Crippen molar-refractivity contribution in [3.05, 3.63) is 212 Å². The number of alkyl carbamates (subject to hydrolysis) is 3. The molecule has 0 radical (unpaired) electrons. The van der Waals surface area contributed by atoms with E-state index in [1.54, 1.807) is 67.4 Å². The number of rotatable bonds is 24. The number of carbonyl (C=O) groups is 6. The number of hydroxylamine groups is 6. The first-order valence-corrected chi connectivity index (χ1v) is 40.8. The molecule has 4 heterocycles. The summed E-state index contributed by atoms with van der Waals surface area (Å²) < 4.78 is 20.6. The van der Waals surface area contributed by atoms with Crippen LogP contribution in [0, 0.1) is 74.0 Å². The van der Waals surface area contributed by atoms with Crippen molar-refractivity contribution in [2.45, 2.75) is 214 Å². The van der Waals surface area contributed by atoms with Crippen molar-refractivity contribution >= 4 is 36.1 Å². The molecule has 4 fully saturated rings. The molecule has 4 saturated heterocycles. The molecule has 0 bridgehead atoms. The minimum atomic E-state index is -0.880. The molecule has 0 saturated carbocycles. The molecule has 0 aliphatic carbocycles. The summed E-state index contributed by atoms with van der Waals surface area (Å²) in [5.74, 6) is 16.7. The zero-order chi connectivity index (χ0) is 87.9. The van der Waals surface area contributed by atoms with E-state index in [1.165, 1.54) is 26.8 Å². The second kappa shape index (κ2) is 47.1. The van der Waals surface area contributed by atoms with Crippen molar-refractivity contribution in [3.8, 4) is 35.5 Å². The normalized spacial score (nSPS) is 20.1. The lowest BCUT2D eigenvalue weighted by atomic mass is 9.92. The fourth-order valence-corrected chi connectivity index (χ4v) is 13.0. The van der Waals surface area contributed by atoms with E-state index in [1.807, 2.05) is 180 Å². The van der Waals surface area contributed by atoms with Crippen molar-refractivity contribution in [2.75, 3.05) is 59.1 Å². The first-order chi connectivity index (χ1) is 56.9. The first kappa shape index (κ1) is 96.9. The molecule has 27 nitrogen and oxygen atoms in total. The van der Waals surface area contributed by atoms with Crippen molar-refractivity contribution in [1.82, 2.24) is 41.8 Å². The largest absolute Gasteiger partial charge is 0.464 e. The minimum absolute atomic E-state index is 0.132. The molecule has 4 aliphatic rings. The molecule has 0 unspecified atom stereocenters. The average molecular weight is 1660 g/mol. The minimum Gasteiger partial charge on any atom is -0.464 e. The van der Waals surface area contributed by atoms with E-state index in [0.717, 1.165) is 56.5 Å². The Morgan fingerprint density at radius 2 is 0.692 bits per heavy atom. The zero-order valence-corrected chi connectivity index (χ0v) is 71.9. The molecular weight excluding hydrogens is 1530 g/mol. The monoisotopic (exact) mass is 1650 g/mol. The lowest BCUT2D eigenvalue weighted by Crippen LogP contribution is -2.48. The Hall–Kier alpha value is -10.3. The third kappa shape index (κ3) is 32.7. The quantitative estimate of drug-likeness (QED) is 0.0116. The number of amides is 5. The zero-order valence-electron chi connectivity index (χ0n) is 71.9. The van der Waals surface area contributed by atoms with Crippen molar-refractivity contribution < 1.29 is 87.8 Å². The number of esters is 1. The number of fused-ring (bicyclic) bond motifs is 1. The van der Waals surface area contributed by atoms with Gasteiger partial charge in [-0.05, 0) is 219 Å². The number of nitrogens with two attached hydrogens (primary N) is 1. The van der Waals surface area contributed by atoms with Crippen LogP contribution in [0.1, 0.15) is 169 Å². The lowest BCUT2D eigenvalue weighted by Gasteiger charge is -2.24. The predicted molar refractivity (Wildman–Crippen MR) is 456 cm³/mol. The molecule has 0 aromatic heterocycles. The van der Waals surface area contributed by atoms with Crippen molar-refractivity contribution in [2.24, 2.45) is 23.5 Å². The third-order valence-electron chi connectivity index (χ3n) is 19.0. The molecular formula is C93H123N9O18. The molecule has 6 aromatic carbocycles. The van der Waals surface area contributed by atoms with Gasteiger partial charge in [0.05, 0.1) is 63.7 Å². The van der Waals surface area contributed by atoms with Gasteiger partial charge in [0.15, 0.2) is 0 Å². The summed E-state index contributed by atoms with van der Waals surface area (Å²) in [5, 5.41) is 69.0. The van der Waals surface area contributed by atoms with Crippen LogP contribution in [0.2, 0.25) is 0 Å². The van der Waals surface area contributed by atoms with Gasteiger partial charge in [-0.25, -0.2) is 14.4 Å². The molecule has 12 N–H and O–H groups in total. The molecule has 10 rings (SSSR count). The van der Waals surface area contributed by atoms with Gasteiger partial charge in [0.25, 0.3) is 0 Å². The van der Waals surface area contributed by atoms with Crippen LogP contribution in [0.4, 0.5) is 14.4 Å². The lowest BCUT2D eigenvalue weighted by molar-refractivity contribution is -0.202. The summed E-state index contributed by atoms with van der Waals surface area (Å²) in [5.41, 5.74) is 15.5. The van der Waals surface area contributed by atoms with E-state index >= 15 is 0 Å². The summed E-state index contributed by atoms with van der Waals surface area (Å²) in [4.78, 5) is 90.9. The molecule has 12 atom stereocenters. The summed E-state index contributed by atoms with van der Waals surface area (Å²) in [7, 11) is 0. The Kier molecular flexibility index (Phi) is 38.0. The third-order valence-corrected chi connectivity index (χ3v) is 19.0. The van der Waals surface area contributed by atoms with Gasteiger partial charge in [-0.15, -0.1) is 0 Å². The van der Waals surface area contributed by atoms with E-state index in [2.05, 4.69) is 69.0 Å². The maximum Gasteiger partial charge on any atom is 0.407 e. The average Bonchev–Trinajstić information content (AvgIpc) is 1.58.